The van der Waals surface area contributed by atoms with Gasteiger partial charge in [0.2, 0.25) is 0 Å². The first-order valence-electron chi connectivity index (χ1n) is 15.9. The van der Waals surface area contributed by atoms with Gasteiger partial charge in [0.1, 0.15) is 23.9 Å². The van der Waals surface area contributed by atoms with E-state index < -0.39 is 0 Å². The molecule has 0 saturated carbocycles. The zero-order valence-corrected chi connectivity index (χ0v) is 27.8. The summed E-state index contributed by atoms with van der Waals surface area (Å²) in [6.45, 7) is 5.56. The van der Waals surface area contributed by atoms with Gasteiger partial charge in [0, 0.05) is 30.0 Å². The van der Waals surface area contributed by atoms with E-state index in [1.807, 2.05) is 97.9 Å². The fourth-order valence-electron chi connectivity index (χ4n) is 5.89. The highest BCUT2D eigenvalue weighted by atomic mass is 16.5. The number of fused-ring (bicyclic) bond motifs is 3. The maximum absolute atomic E-state index is 12.1. The van der Waals surface area contributed by atoms with Gasteiger partial charge in [-0.15, -0.1) is 0 Å². The maximum Gasteiger partial charge on any atom is 0.293 e. The Hall–Kier alpha value is -5.56. The molecular formula is C41H41NO6. The number of carbonyl (C=O) groups excluding carboxylic acids is 2. The second-order valence-electron chi connectivity index (χ2n) is 11.6. The molecule has 48 heavy (non-hydrogen) atoms. The van der Waals surface area contributed by atoms with Crippen molar-refractivity contribution in [3.05, 3.63) is 149 Å². The van der Waals surface area contributed by atoms with Gasteiger partial charge >= 0.3 is 0 Å². The van der Waals surface area contributed by atoms with Gasteiger partial charge in [0.25, 0.3) is 12.4 Å². The van der Waals surface area contributed by atoms with Crippen molar-refractivity contribution < 1.29 is 28.5 Å². The highest BCUT2D eigenvalue weighted by Gasteiger charge is 2.28. The van der Waals surface area contributed by atoms with E-state index in [-0.39, 0.29) is 24.3 Å². The van der Waals surface area contributed by atoms with Crippen LogP contribution >= 0.6 is 0 Å². The lowest BCUT2D eigenvalue weighted by Crippen LogP contribution is -2.28. The number of aryl methyl sites for hydroxylation is 1. The summed E-state index contributed by atoms with van der Waals surface area (Å²) in [6, 6.07) is 38.3. The summed E-state index contributed by atoms with van der Waals surface area (Å²) >= 11 is 0. The Kier molecular flexibility index (Phi) is 11.5. The lowest BCUT2D eigenvalue weighted by atomic mass is 9.92. The van der Waals surface area contributed by atoms with Crippen LogP contribution in [0.2, 0.25) is 0 Å². The van der Waals surface area contributed by atoms with Crippen LogP contribution in [-0.4, -0.2) is 39.8 Å². The quantitative estimate of drug-likeness (QED) is 0.140. The smallest absolute Gasteiger partial charge is 0.293 e. The second kappa shape index (κ2) is 16.3. The molecule has 1 aliphatic rings. The summed E-state index contributed by atoms with van der Waals surface area (Å²) in [5.41, 5.74) is 9.45. The number of hydrogen-bond acceptors (Lipinski definition) is 6. The largest absolute Gasteiger partial charge is 0.497 e. The first-order valence-corrected chi connectivity index (χ1v) is 15.9. The highest BCUT2D eigenvalue weighted by molar-refractivity contribution is 5.79. The molecule has 0 spiro atoms. The number of amides is 1. The molecule has 0 radical (unpaired) electrons. The number of hydrogen-bond donors (Lipinski definition) is 1. The highest BCUT2D eigenvalue weighted by Crippen LogP contribution is 2.44. The number of ether oxygens (including phenoxy) is 4. The van der Waals surface area contributed by atoms with E-state index in [2.05, 4.69) is 36.5 Å². The summed E-state index contributed by atoms with van der Waals surface area (Å²) < 4.78 is 21.4. The molecule has 1 atom stereocenters. The SMILES string of the molecule is COc1ccc(C(C)c2ccc(OCC(=O)NCc3ccc(C)cc3)cc2)c(OC)c1.O=COCC1c2ccccc2-c2ccccc21. The van der Waals surface area contributed by atoms with Crippen LogP contribution in [0.3, 0.4) is 0 Å². The van der Waals surface area contributed by atoms with Gasteiger partial charge in [-0.3, -0.25) is 9.59 Å². The van der Waals surface area contributed by atoms with Gasteiger partial charge in [0.05, 0.1) is 14.2 Å². The Balaban J connectivity index is 0.000000221. The Morgan fingerprint density at radius 3 is 2.02 bits per heavy atom. The molecule has 0 heterocycles. The molecular weight excluding hydrogens is 602 g/mol. The Labute approximate surface area is 282 Å². The lowest BCUT2D eigenvalue weighted by Gasteiger charge is -2.17. The third-order valence-electron chi connectivity index (χ3n) is 8.56. The van der Waals surface area contributed by atoms with Gasteiger partial charge in [0.15, 0.2) is 6.61 Å². The molecule has 6 rings (SSSR count). The summed E-state index contributed by atoms with van der Waals surface area (Å²) in [7, 11) is 3.30. The normalized spacial score (nSPS) is 12.0. The third kappa shape index (κ3) is 8.23. The minimum Gasteiger partial charge on any atom is -0.497 e. The van der Waals surface area contributed by atoms with E-state index in [9.17, 15) is 9.59 Å². The average Bonchev–Trinajstić information content (AvgIpc) is 3.46. The monoisotopic (exact) mass is 643 g/mol. The van der Waals surface area contributed by atoms with Gasteiger partial charge in [-0.1, -0.05) is 103 Å². The van der Waals surface area contributed by atoms with Crippen LogP contribution in [0.1, 0.15) is 52.1 Å². The molecule has 5 aromatic rings. The van der Waals surface area contributed by atoms with Crippen LogP contribution in [0.25, 0.3) is 11.1 Å². The van der Waals surface area contributed by atoms with Gasteiger partial charge in [-0.05, 0) is 58.5 Å². The first-order chi connectivity index (χ1) is 23.4. The zero-order chi connectivity index (χ0) is 33.9. The van der Waals surface area contributed by atoms with Crippen molar-refractivity contribution in [2.75, 3.05) is 27.4 Å². The first kappa shape index (κ1) is 33.8. The van der Waals surface area contributed by atoms with E-state index in [1.165, 1.54) is 27.8 Å². The number of methoxy groups -OCH3 is 2. The number of rotatable bonds is 12. The Bertz CT molecular complexity index is 1770. The van der Waals surface area contributed by atoms with Crippen LogP contribution in [0.15, 0.2) is 115 Å². The summed E-state index contributed by atoms with van der Waals surface area (Å²) in [5.74, 6) is 2.36. The topological polar surface area (TPSA) is 83.1 Å². The summed E-state index contributed by atoms with van der Waals surface area (Å²) in [4.78, 5) is 22.4. The molecule has 0 fully saturated rings. The van der Waals surface area contributed by atoms with Crippen molar-refractivity contribution in [1.29, 1.82) is 0 Å². The lowest BCUT2D eigenvalue weighted by molar-refractivity contribution is -0.129. The Morgan fingerprint density at radius 2 is 1.42 bits per heavy atom. The number of benzene rings is 5. The van der Waals surface area contributed by atoms with Crippen LogP contribution < -0.4 is 19.5 Å². The van der Waals surface area contributed by atoms with Crippen LogP contribution in [0.5, 0.6) is 17.2 Å². The van der Waals surface area contributed by atoms with Crippen molar-refractivity contribution >= 4 is 12.4 Å². The Morgan fingerprint density at radius 1 is 0.792 bits per heavy atom. The molecule has 0 bridgehead atoms. The van der Waals surface area contributed by atoms with E-state index in [0.29, 0.717) is 25.4 Å². The van der Waals surface area contributed by atoms with Crippen molar-refractivity contribution in [2.24, 2.45) is 0 Å². The molecule has 7 nitrogen and oxygen atoms in total. The molecule has 7 heteroatoms. The predicted molar refractivity (Wildman–Crippen MR) is 188 cm³/mol. The molecule has 1 aliphatic carbocycles. The average molecular weight is 644 g/mol. The van der Waals surface area contributed by atoms with Crippen LogP contribution in [0.4, 0.5) is 0 Å². The van der Waals surface area contributed by atoms with Crippen molar-refractivity contribution in [1.82, 2.24) is 5.32 Å². The molecule has 1 amide bonds. The van der Waals surface area contributed by atoms with E-state index in [0.717, 1.165) is 28.2 Å². The zero-order valence-electron chi connectivity index (χ0n) is 27.8. The molecule has 246 valence electrons. The van der Waals surface area contributed by atoms with E-state index in [1.54, 1.807) is 14.2 Å². The fourth-order valence-corrected chi connectivity index (χ4v) is 5.89. The predicted octanol–water partition coefficient (Wildman–Crippen LogP) is 7.83. The molecule has 0 aliphatic heterocycles. The minimum atomic E-state index is -0.152. The van der Waals surface area contributed by atoms with Crippen molar-refractivity contribution in [3.8, 4) is 28.4 Å². The van der Waals surface area contributed by atoms with Crippen molar-refractivity contribution in [2.45, 2.75) is 32.2 Å². The van der Waals surface area contributed by atoms with Gasteiger partial charge in [-0.25, -0.2) is 0 Å². The standard InChI is InChI=1S/C26H29NO4.C15H12O2/c1-18-5-7-20(8-6-18)16-27-26(28)17-31-22-11-9-21(10-12-22)19(2)24-14-13-23(29-3)15-25(24)30-4;16-10-17-9-15-13-7-3-1-5-11(13)12-6-2-4-8-14(12)15/h5-15,19H,16-17H2,1-4H3,(H,27,28);1-8,10,15H,9H2. The second-order valence-corrected chi connectivity index (χ2v) is 11.6. The van der Waals surface area contributed by atoms with Crippen molar-refractivity contribution in [3.63, 3.8) is 0 Å². The van der Waals surface area contributed by atoms with E-state index >= 15 is 0 Å². The molecule has 0 aromatic heterocycles. The molecule has 1 N–H and O–H groups in total. The van der Waals surface area contributed by atoms with E-state index in [4.69, 9.17) is 18.9 Å². The minimum absolute atomic E-state index is 0.0208. The van der Waals surface area contributed by atoms with Crippen LogP contribution in [-0.2, 0) is 20.9 Å². The number of carbonyl (C=O) groups is 2. The fraction of sp³-hybridized carbons (Fsp3) is 0.220. The van der Waals surface area contributed by atoms with Gasteiger partial charge < -0.3 is 24.3 Å². The molecule has 5 aromatic carbocycles. The number of nitrogens with one attached hydrogen (secondary N) is 1. The van der Waals surface area contributed by atoms with Gasteiger partial charge in [-0.2, -0.15) is 0 Å². The van der Waals surface area contributed by atoms with Crippen LogP contribution in [0, 0.1) is 6.92 Å². The molecule has 0 saturated heterocycles. The molecule has 1 unspecified atom stereocenters. The maximum atomic E-state index is 12.1. The summed E-state index contributed by atoms with van der Waals surface area (Å²) in [5, 5.41) is 2.87. The summed E-state index contributed by atoms with van der Waals surface area (Å²) in [6.07, 6.45) is 0. The third-order valence-corrected chi connectivity index (χ3v) is 8.56.